The smallest absolute Gasteiger partial charge is 0.224 e. The lowest BCUT2D eigenvalue weighted by molar-refractivity contribution is 0.386. The topological polar surface area (TPSA) is 59.7 Å². The van der Waals surface area contributed by atoms with Gasteiger partial charge in [-0.05, 0) is 30.3 Å². The molecule has 0 saturated carbocycles. The number of imidazole rings is 1. The summed E-state index contributed by atoms with van der Waals surface area (Å²) >= 11 is 0. The van der Waals surface area contributed by atoms with Crippen LogP contribution in [0.2, 0.25) is 0 Å². The van der Waals surface area contributed by atoms with Gasteiger partial charge in [-0.3, -0.25) is 9.38 Å². The Hall–Kier alpha value is -3.15. The van der Waals surface area contributed by atoms with Crippen LogP contribution in [0, 0.1) is 5.82 Å². The Labute approximate surface area is 130 Å². The summed E-state index contributed by atoms with van der Waals surface area (Å²) in [5, 5.41) is 10.6. The molecular formula is C17H12FN3O2. The summed E-state index contributed by atoms with van der Waals surface area (Å²) in [6.07, 6.45) is 1.57. The van der Waals surface area contributed by atoms with Gasteiger partial charge in [0.15, 0.2) is 17.2 Å². The molecule has 2 heterocycles. The molecule has 0 bridgehead atoms. The number of hydrogen-bond acceptors (Lipinski definition) is 4. The standard InChI is InChI=1S/C17H12FN3O2/c1-23-14-7-6-10(8-11(14)18)16-17(22)21-13-5-3-2-4-12(13)19-9-15(21)20-16/h2-9,22H,1H3. The summed E-state index contributed by atoms with van der Waals surface area (Å²) in [6.45, 7) is 0. The van der Waals surface area contributed by atoms with E-state index in [-0.39, 0.29) is 11.6 Å². The number of methoxy groups -OCH3 is 1. The molecule has 1 N–H and O–H groups in total. The summed E-state index contributed by atoms with van der Waals surface area (Å²) in [6, 6.07) is 11.9. The van der Waals surface area contributed by atoms with Crippen molar-refractivity contribution in [2.45, 2.75) is 0 Å². The molecule has 0 spiro atoms. The van der Waals surface area contributed by atoms with Gasteiger partial charge in [0.1, 0.15) is 5.69 Å². The van der Waals surface area contributed by atoms with Crippen LogP contribution in [-0.4, -0.2) is 26.6 Å². The first kappa shape index (κ1) is 13.5. The first-order valence-corrected chi connectivity index (χ1v) is 6.98. The van der Waals surface area contributed by atoms with Gasteiger partial charge in [-0.15, -0.1) is 0 Å². The normalized spacial score (nSPS) is 11.2. The molecule has 0 radical (unpaired) electrons. The van der Waals surface area contributed by atoms with E-state index in [1.54, 1.807) is 16.7 Å². The summed E-state index contributed by atoms with van der Waals surface area (Å²) in [5.41, 5.74) is 2.72. The molecule has 4 rings (SSSR count). The lowest BCUT2D eigenvalue weighted by atomic mass is 10.1. The van der Waals surface area contributed by atoms with E-state index in [0.29, 0.717) is 16.9 Å². The summed E-state index contributed by atoms with van der Waals surface area (Å²) < 4.78 is 20.4. The molecule has 6 heteroatoms. The van der Waals surface area contributed by atoms with Crippen molar-refractivity contribution in [1.82, 2.24) is 14.4 Å². The number of halogens is 1. The van der Waals surface area contributed by atoms with Crippen LogP contribution in [0.15, 0.2) is 48.7 Å². The van der Waals surface area contributed by atoms with E-state index in [4.69, 9.17) is 4.74 Å². The van der Waals surface area contributed by atoms with Gasteiger partial charge in [0, 0.05) is 5.56 Å². The lowest BCUT2D eigenvalue weighted by Gasteiger charge is -2.04. The maximum Gasteiger partial charge on any atom is 0.224 e. The van der Waals surface area contributed by atoms with Gasteiger partial charge in [-0.2, -0.15) is 0 Å². The van der Waals surface area contributed by atoms with Crippen molar-refractivity contribution in [3.8, 4) is 22.9 Å². The molecule has 0 atom stereocenters. The maximum absolute atomic E-state index is 13.9. The van der Waals surface area contributed by atoms with E-state index >= 15 is 0 Å². The molecular weight excluding hydrogens is 297 g/mol. The molecule has 114 valence electrons. The zero-order chi connectivity index (χ0) is 16.0. The van der Waals surface area contributed by atoms with Gasteiger partial charge in [0.2, 0.25) is 5.88 Å². The second kappa shape index (κ2) is 4.95. The predicted molar refractivity (Wildman–Crippen MR) is 84.1 cm³/mol. The van der Waals surface area contributed by atoms with Crippen LogP contribution in [-0.2, 0) is 0 Å². The molecule has 0 amide bonds. The average molecular weight is 309 g/mol. The third-order valence-electron chi connectivity index (χ3n) is 3.75. The number of fused-ring (bicyclic) bond motifs is 3. The Morgan fingerprint density at radius 1 is 1.17 bits per heavy atom. The van der Waals surface area contributed by atoms with Crippen molar-refractivity contribution >= 4 is 16.7 Å². The Kier molecular flexibility index (Phi) is 2.90. The van der Waals surface area contributed by atoms with Crippen LogP contribution >= 0.6 is 0 Å². The maximum atomic E-state index is 13.9. The van der Waals surface area contributed by atoms with Gasteiger partial charge >= 0.3 is 0 Å². The van der Waals surface area contributed by atoms with Gasteiger partial charge < -0.3 is 9.84 Å². The van der Waals surface area contributed by atoms with Crippen LogP contribution in [0.4, 0.5) is 4.39 Å². The number of para-hydroxylation sites is 2. The van der Waals surface area contributed by atoms with Gasteiger partial charge in [0.25, 0.3) is 0 Å². The van der Waals surface area contributed by atoms with Gasteiger partial charge in [-0.1, -0.05) is 12.1 Å². The fourth-order valence-electron chi connectivity index (χ4n) is 2.65. The van der Waals surface area contributed by atoms with Crippen molar-refractivity contribution in [3.05, 3.63) is 54.5 Å². The zero-order valence-corrected chi connectivity index (χ0v) is 12.2. The fraction of sp³-hybridized carbons (Fsp3) is 0.0588. The van der Waals surface area contributed by atoms with E-state index in [0.717, 1.165) is 11.0 Å². The van der Waals surface area contributed by atoms with E-state index in [1.807, 2.05) is 24.3 Å². The summed E-state index contributed by atoms with van der Waals surface area (Å²) in [5.74, 6) is -0.420. The van der Waals surface area contributed by atoms with Crippen LogP contribution in [0.5, 0.6) is 11.6 Å². The average Bonchev–Trinajstić information content (AvgIpc) is 2.92. The largest absolute Gasteiger partial charge is 0.494 e. The Balaban J connectivity index is 2.00. The van der Waals surface area contributed by atoms with Gasteiger partial charge in [0.05, 0.1) is 24.3 Å². The SMILES string of the molecule is COc1ccc(-c2nc3cnc4ccccc4n3c2O)cc1F. The van der Waals surface area contributed by atoms with E-state index in [1.165, 1.54) is 19.2 Å². The van der Waals surface area contributed by atoms with Crippen LogP contribution < -0.4 is 4.74 Å². The minimum atomic E-state index is -0.510. The molecule has 0 aliphatic heterocycles. The first-order valence-electron chi connectivity index (χ1n) is 6.98. The van der Waals surface area contributed by atoms with Crippen LogP contribution in [0.3, 0.4) is 0 Å². The lowest BCUT2D eigenvalue weighted by Crippen LogP contribution is -1.90. The van der Waals surface area contributed by atoms with Crippen molar-refractivity contribution in [2.75, 3.05) is 7.11 Å². The van der Waals surface area contributed by atoms with Crippen molar-refractivity contribution < 1.29 is 14.2 Å². The molecule has 0 unspecified atom stereocenters. The highest BCUT2D eigenvalue weighted by Crippen LogP contribution is 2.33. The Morgan fingerprint density at radius 3 is 2.78 bits per heavy atom. The summed E-state index contributed by atoms with van der Waals surface area (Å²) in [4.78, 5) is 8.69. The number of rotatable bonds is 2. The quantitative estimate of drug-likeness (QED) is 0.616. The monoisotopic (exact) mass is 309 g/mol. The number of nitrogens with zero attached hydrogens (tertiary/aromatic N) is 3. The number of ether oxygens (including phenoxy) is 1. The number of benzene rings is 2. The van der Waals surface area contributed by atoms with Crippen molar-refractivity contribution in [1.29, 1.82) is 0 Å². The van der Waals surface area contributed by atoms with E-state index in [9.17, 15) is 9.50 Å². The highest BCUT2D eigenvalue weighted by atomic mass is 19.1. The molecule has 4 aromatic rings. The number of hydrogen-bond donors (Lipinski definition) is 1. The molecule has 0 aliphatic carbocycles. The third-order valence-corrected chi connectivity index (χ3v) is 3.75. The van der Waals surface area contributed by atoms with E-state index in [2.05, 4.69) is 9.97 Å². The predicted octanol–water partition coefficient (Wildman–Crippen LogP) is 3.40. The zero-order valence-electron chi connectivity index (χ0n) is 12.2. The molecule has 2 aromatic carbocycles. The minimum Gasteiger partial charge on any atom is -0.494 e. The van der Waals surface area contributed by atoms with Crippen molar-refractivity contribution in [3.63, 3.8) is 0 Å². The fourth-order valence-corrected chi connectivity index (χ4v) is 2.65. The first-order chi connectivity index (χ1) is 11.2. The molecule has 0 aliphatic rings. The second-order valence-corrected chi connectivity index (χ2v) is 5.07. The second-order valence-electron chi connectivity index (χ2n) is 5.07. The van der Waals surface area contributed by atoms with E-state index < -0.39 is 5.82 Å². The highest BCUT2D eigenvalue weighted by molar-refractivity contribution is 5.81. The Morgan fingerprint density at radius 2 is 2.00 bits per heavy atom. The molecule has 0 fully saturated rings. The van der Waals surface area contributed by atoms with Crippen LogP contribution in [0.1, 0.15) is 0 Å². The Bertz CT molecular complexity index is 1040. The molecule has 0 saturated heterocycles. The van der Waals surface area contributed by atoms with Gasteiger partial charge in [-0.25, -0.2) is 9.37 Å². The van der Waals surface area contributed by atoms with Crippen LogP contribution in [0.25, 0.3) is 27.9 Å². The number of aromatic hydroxyl groups is 1. The number of aromatic nitrogens is 3. The summed E-state index contributed by atoms with van der Waals surface area (Å²) in [7, 11) is 1.40. The minimum absolute atomic E-state index is 0.0526. The molecule has 23 heavy (non-hydrogen) atoms. The molecule has 5 nitrogen and oxygen atoms in total. The van der Waals surface area contributed by atoms with Crippen molar-refractivity contribution in [2.24, 2.45) is 0 Å². The molecule has 2 aromatic heterocycles. The third kappa shape index (κ3) is 1.99. The highest BCUT2D eigenvalue weighted by Gasteiger charge is 2.17.